The molecule has 0 saturated heterocycles. The van der Waals surface area contributed by atoms with E-state index in [1.54, 1.807) is 14.2 Å². The number of ether oxygens (including phenoxy) is 3. The number of benzene rings is 2. The number of nitrogens with one attached hydrogen (secondary N) is 1. The van der Waals surface area contributed by atoms with E-state index in [-0.39, 0.29) is 12.5 Å². The molecule has 0 aromatic heterocycles. The van der Waals surface area contributed by atoms with Gasteiger partial charge in [0.2, 0.25) is 0 Å². The summed E-state index contributed by atoms with van der Waals surface area (Å²) < 4.78 is 17.3. The Labute approximate surface area is 160 Å². The van der Waals surface area contributed by atoms with Gasteiger partial charge in [0.25, 0.3) is 0 Å². The first-order valence-electron chi connectivity index (χ1n) is 8.01. The Morgan fingerprint density at radius 2 is 2.00 bits per heavy atom. The minimum absolute atomic E-state index is 0.208. The van der Waals surface area contributed by atoms with E-state index < -0.39 is 6.09 Å². The highest BCUT2D eigenvalue weighted by molar-refractivity contribution is 14.1. The highest BCUT2D eigenvalue weighted by Gasteiger charge is 2.34. The third kappa shape index (κ3) is 3.84. The van der Waals surface area contributed by atoms with E-state index in [4.69, 9.17) is 14.2 Å². The van der Waals surface area contributed by atoms with E-state index in [0.29, 0.717) is 6.54 Å². The van der Waals surface area contributed by atoms with Gasteiger partial charge in [-0.3, -0.25) is 0 Å². The topological polar surface area (TPSA) is 56.8 Å². The van der Waals surface area contributed by atoms with Crippen LogP contribution < -0.4 is 14.8 Å². The molecule has 1 aliphatic carbocycles. The van der Waals surface area contributed by atoms with Crippen LogP contribution in [0.15, 0.2) is 36.4 Å². The number of amides is 1. The molecule has 0 heterocycles. The summed E-state index contributed by atoms with van der Waals surface area (Å²) in [5, 5.41) is 2.84. The molecule has 0 fully saturated rings. The lowest BCUT2D eigenvalue weighted by Crippen LogP contribution is -2.34. The zero-order valence-electron chi connectivity index (χ0n) is 14.2. The number of rotatable bonds is 6. The Morgan fingerprint density at radius 1 is 1.24 bits per heavy atom. The van der Waals surface area contributed by atoms with Crippen molar-refractivity contribution in [3.63, 3.8) is 0 Å². The van der Waals surface area contributed by atoms with Crippen LogP contribution in [0.4, 0.5) is 4.79 Å². The summed E-state index contributed by atoms with van der Waals surface area (Å²) in [5.74, 6) is 1.95. The van der Waals surface area contributed by atoms with Crippen LogP contribution in [0.25, 0.3) is 0 Å². The molecule has 2 aromatic rings. The van der Waals surface area contributed by atoms with E-state index in [2.05, 4.69) is 27.9 Å². The van der Waals surface area contributed by atoms with Gasteiger partial charge in [0.15, 0.2) is 0 Å². The molecule has 1 atom stereocenters. The van der Waals surface area contributed by atoms with Gasteiger partial charge in [0.1, 0.15) is 18.1 Å². The minimum atomic E-state index is -0.409. The summed E-state index contributed by atoms with van der Waals surface area (Å²) in [6.07, 6.45) is 0.443. The predicted octanol–water partition coefficient (Wildman–Crippen LogP) is 3.87. The van der Waals surface area contributed by atoms with Crippen molar-refractivity contribution in [2.24, 2.45) is 0 Å². The molecule has 5 nitrogen and oxygen atoms in total. The lowest BCUT2D eigenvalue weighted by molar-refractivity contribution is 0.138. The summed E-state index contributed by atoms with van der Waals surface area (Å²) >= 11 is 2.25. The second kappa shape index (κ2) is 7.95. The van der Waals surface area contributed by atoms with Gasteiger partial charge in [-0.15, -0.1) is 0 Å². The Hall–Kier alpha value is -1.96. The number of hydrogen-bond acceptors (Lipinski definition) is 4. The fourth-order valence-electron chi connectivity index (χ4n) is 3.09. The Balaban J connectivity index is 1.58. The number of carbonyl (C=O) groups excluding carboxylic acids is 1. The normalized spacial score (nSPS) is 14.9. The second-order valence-corrected chi connectivity index (χ2v) is 6.99. The van der Waals surface area contributed by atoms with E-state index in [1.165, 1.54) is 0 Å². The Bertz CT molecular complexity index is 764. The maximum Gasteiger partial charge on any atom is 0.407 e. The Morgan fingerprint density at radius 3 is 2.68 bits per heavy atom. The summed E-state index contributed by atoms with van der Waals surface area (Å²) in [6.45, 7) is 0.782. The highest BCUT2D eigenvalue weighted by Crippen LogP contribution is 2.48. The van der Waals surface area contributed by atoms with Crippen LogP contribution in [0.5, 0.6) is 11.5 Å². The summed E-state index contributed by atoms with van der Waals surface area (Å²) in [6, 6.07) is 11.6. The molecule has 25 heavy (non-hydrogen) atoms. The quantitative estimate of drug-likeness (QED) is 0.675. The molecule has 3 rings (SSSR count). The number of alkyl carbamates (subject to hydrolysis) is 1. The van der Waals surface area contributed by atoms with Gasteiger partial charge in [-0.1, -0.05) is 30.3 Å². The van der Waals surface area contributed by atoms with Gasteiger partial charge < -0.3 is 19.5 Å². The van der Waals surface area contributed by atoms with Crippen molar-refractivity contribution in [1.82, 2.24) is 5.32 Å². The van der Waals surface area contributed by atoms with Gasteiger partial charge in [-0.05, 0) is 40.6 Å². The van der Waals surface area contributed by atoms with Gasteiger partial charge in [0.05, 0.1) is 17.8 Å². The number of halogens is 1. The number of methoxy groups -OCH3 is 2. The SMILES string of the molecule is COc1cc(I)c(OC)c2c1C(CNC(=O)OCc1ccccc1)C2. The van der Waals surface area contributed by atoms with Crippen molar-refractivity contribution in [3.05, 3.63) is 56.7 Å². The average molecular weight is 453 g/mol. The molecule has 0 bridgehead atoms. The van der Waals surface area contributed by atoms with E-state index >= 15 is 0 Å². The Kier molecular flexibility index (Phi) is 5.67. The predicted molar refractivity (Wildman–Crippen MR) is 103 cm³/mol. The summed E-state index contributed by atoms with van der Waals surface area (Å²) in [5.41, 5.74) is 3.24. The zero-order valence-corrected chi connectivity index (χ0v) is 16.3. The molecule has 1 N–H and O–H groups in total. The van der Waals surface area contributed by atoms with Crippen molar-refractivity contribution in [2.45, 2.75) is 18.9 Å². The summed E-state index contributed by atoms with van der Waals surface area (Å²) in [7, 11) is 3.34. The van der Waals surface area contributed by atoms with Crippen molar-refractivity contribution >= 4 is 28.7 Å². The first kappa shape index (κ1) is 17.8. The molecule has 2 aromatic carbocycles. The van der Waals surface area contributed by atoms with Crippen LogP contribution in [-0.4, -0.2) is 26.9 Å². The van der Waals surface area contributed by atoms with Crippen LogP contribution in [0.3, 0.4) is 0 Å². The second-order valence-electron chi connectivity index (χ2n) is 5.83. The van der Waals surface area contributed by atoms with Crippen molar-refractivity contribution in [1.29, 1.82) is 0 Å². The average Bonchev–Trinajstić information content (AvgIpc) is 2.61. The molecular weight excluding hydrogens is 433 g/mol. The maximum atomic E-state index is 11.9. The zero-order chi connectivity index (χ0) is 17.8. The van der Waals surface area contributed by atoms with E-state index in [1.807, 2.05) is 36.4 Å². The largest absolute Gasteiger partial charge is 0.496 e. The van der Waals surface area contributed by atoms with Crippen molar-refractivity contribution < 1.29 is 19.0 Å². The van der Waals surface area contributed by atoms with Crippen LogP contribution in [0.1, 0.15) is 22.6 Å². The van der Waals surface area contributed by atoms with E-state index in [0.717, 1.165) is 38.2 Å². The lowest BCUT2D eigenvalue weighted by Gasteiger charge is -2.33. The summed E-state index contributed by atoms with van der Waals surface area (Å²) in [4.78, 5) is 11.9. The third-order valence-corrected chi connectivity index (χ3v) is 5.13. The molecule has 0 spiro atoms. The van der Waals surface area contributed by atoms with E-state index in [9.17, 15) is 4.79 Å². The van der Waals surface area contributed by atoms with Crippen molar-refractivity contribution in [2.75, 3.05) is 20.8 Å². The third-order valence-electron chi connectivity index (χ3n) is 4.33. The molecule has 0 saturated carbocycles. The molecule has 1 amide bonds. The molecule has 0 aliphatic heterocycles. The fourth-order valence-corrected chi connectivity index (χ4v) is 3.91. The molecule has 132 valence electrons. The first-order chi connectivity index (χ1) is 12.1. The monoisotopic (exact) mass is 453 g/mol. The fraction of sp³-hybridized carbons (Fsp3) is 0.316. The molecule has 1 aliphatic rings. The molecule has 6 heteroatoms. The highest BCUT2D eigenvalue weighted by atomic mass is 127. The number of fused-ring (bicyclic) bond motifs is 1. The number of carbonyl (C=O) groups is 1. The van der Waals surface area contributed by atoms with Crippen LogP contribution in [-0.2, 0) is 17.8 Å². The van der Waals surface area contributed by atoms with Gasteiger partial charge in [-0.25, -0.2) is 4.79 Å². The smallest absolute Gasteiger partial charge is 0.407 e. The van der Waals surface area contributed by atoms with Crippen LogP contribution in [0.2, 0.25) is 0 Å². The molecule has 1 unspecified atom stereocenters. The standard InChI is InChI=1S/C19H20INO4/c1-23-16-9-15(20)18(24-2)14-8-13(17(14)16)10-21-19(22)25-11-12-6-4-3-5-7-12/h3-7,9,13H,8,10-11H2,1-2H3,(H,21,22). The van der Waals surface area contributed by atoms with Crippen molar-refractivity contribution in [3.8, 4) is 11.5 Å². The lowest BCUT2D eigenvalue weighted by atomic mass is 9.76. The minimum Gasteiger partial charge on any atom is -0.496 e. The number of hydrogen-bond donors (Lipinski definition) is 1. The molecular formula is C19H20INO4. The van der Waals surface area contributed by atoms with Gasteiger partial charge in [0, 0.05) is 23.6 Å². The maximum absolute atomic E-state index is 11.9. The van der Waals surface area contributed by atoms with Gasteiger partial charge >= 0.3 is 6.09 Å². The van der Waals surface area contributed by atoms with Crippen LogP contribution >= 0.6 is 22.6 Å². The van der Waals surface area contributed by atoms with Crippen LogP contribution in [0, 0.1) is 3.57 Å². The first-order valence-corrected chi connectivity index (χ1v) is 9.09. The van der Waals surface area contributed by atoms with Gasteiger partial charge in [-0.2, -0.15) is 0 Å². The molecule has 0 radical (unpaired) electrons.